The zero-order chi connectivity index (χ0) is 21.3. The molecule has 7 heteroatoms. The number of carbonyl (C=O) groups excluding carboxylic acids is 1. The van der Waals surface area contributed by atoms with Gasteiger partial charge in [-0.25, -0.2) is 9.78 Å². The van der Waals surface area contributed by atoms with Crippen LogP contribution in [0.2, 0.25) is 0 Å². The van der Waals surface area contributed by atoms with E-state index in [-0.39, 0.29) is 5.97 Å². The molecule has 0 spiro atoms. The summed E-state index contributed by atoms with van der Waals surface area (Å²) < 4.78 is 10.4. The maximum Gasteiger partial charge on any atom is 0.338 e. The second kappa shape index (κ2) is 10.2. The molecular weight excluding hydrogens is 398 g/mol. The van der Waals surface area contributed by atoms with E-state index in [1.165, 1.54) is 11.3 Å². The molecule has 0 aliphatic rings. The summed E-state index contributed by atoms with van der Waals surface area (Å²) in [6.45, 7) is 2.35. The third kappa shape index (κ3) is 5.25. The lowest BCUT2D eigenvalue weighted by atomic mass is 10.1. The monoisotopic (exact) mass is 419 g/mol. The van der Waals surface area contributed by atoms with Gasteiger partial charge in [-0.3, -0.25) is 0 Å². The zero-order valence-electron chi connectivity index (χ0n) is 16.7. The highest BCUT2D eigenvalue weighted by atomic mass is 32.1. The van der Waals surface area contributed by atoms with E-state index >= 15 is 0 Å². The number of nitrogens with zero attached hydrogens (tertiary/aromatic N) is 2. The van der Waals surface area contributed by atoms with Crippen LogP contribution in [0.5, 0.6) is 5.75 Å². The minimum Gasteiger partial charge on any atom is -0.497 e. The van der Waals surface area contributed by atoms with Crippen molar-refractivity contribution in [3.8, 4) is 23.1 Å². The molecule has 0 radical (unpaired) electrons. The Labute approximate surface area is 179 Å². The van der Waals surface area contributed by atoms with Crippen molar-refractivity contribution in [1.82, 2.24) is 4.98 Å². The number of carbonyl (C=O) groups is 1. The van der Waals surface area contributed by atoms with E-state index in [9.17, 15) is 10.1 Å². The molecule has 1 heterocycles. The average Bonchev–Trinajstić information content (AvgIpc) is 3.28. The van der Waals surface area contributed by atoms with Gasteiger partial charge >= 0.3 is 5.97 Å². The van der Waals surface area contributed by atoms with Crippen LogP contribution < -0.4 is 10.1 Å². The molecule has 0 amide bonds. The number of methoxy groups -OCH3 is 1. The normalized spacial score (nSPS) is 10.9. The summed E-state index contributed by atoms with van der Waals surface area (Å²) in [6.07, 6.45) is 2.39. The van der Waals surface area contributed by atoms with Gasteiger partial charge in [-0.2, -0.15) is 5.26 Å². The molecule has 3 rings (SSSR count). The lowest BCUT2D eigenvalue weighted by Crippen LogP contribution is -2.05. The van der Waals surface area contributed by atoms with Crippen molar-refractivity contribution < 1.29 is 14.3 Å². The van der Waals surface area contributed by atoms with Crippen molar-refractivity contribution in [2.24, 2.45) is 0 Å². The smallest absolute Gasteiger partial charge is 0.338 e. The molecule has 152 valence electrons. The Morgan fingerprint density at radius 2 is 2.07 bits per heavy atom. The van der Waals surface area contributed by atoms with Gasteiger partial charge in [0, 0.05) is 22.8 Å². The molecule has 0 fully saturated rings. The van der Waals surface area contributed by atoms with E-state index in [2.05, 4.69) is 16.4 Å². The second-order valence-corrected chi connectivity index (χ2v) is 7.16. The molecule has 0 saturated heterocycles. The number of hydrogen-bond donors (Lipinski definition) is 1. The topological polar surface area (TPSA) is 84.2 Å². The van der Waals surface area contributed by atoms with Crippen LogP contribution in [0.3, 0.4) is 0 Å². The molecule has 0 aliphatic heterocycles. The van der Waals surface area contributed by atoms with Crippen LogP contribution in [0.25, 0.3) is 16.8 Å². The van der Waals surface area contributed by atoms with E-state index in [1.807, 2.05) is 36.6 Å². The average molecular weight is 420 g/mol. The molecule has 0 aliphatic carbocycles. The fourth-order valence-electron chi connectivity index (χ4n) is 2.59. The van der Waals surface area contributed by atoms with Gasteiger partial charge in [0.1, 0.15) is 22.4 Å². The summed E-state index contributed by atoms with van der Waals surface area (Å²) in [4.78, 5) is 16.4. The summed E-state index contributed by atoms with van der Waals surface area (Å²) in [5, 5.41) is 15.1. The quantitative estimate of drug-likeness (QED) is 0.391. The number of hydrogen-bond acceptors (Lipinski definition) is 7. The molecule has 3 aromatic rings. The standard InChI is InChI=1S/C23H21N3O3S/c1-3-11-29-23(27)16-7-9-19(10-8-16)25-14-18(13-24)22-26-21(15-30-22)17-5-4-6-20(12-17)28-2/h4-10,12,14-15,25H,3,11H2,1-2H3. The molecule has 2 aromatic carbocycles. The predicted octanol–water partition coefficient (Wildman–Crippen LogP) is 5.36. The van der Waals surface area contributed by atoms with E-state index in [0.29, 0.717) is 22.8 Å². The van der Waals surface area contributed by atoms with Gasteiger partial charge in [-0.1, -0.05) is 19.1 Å². The Balaban J connectivity index is 1.71. The first-order valence-corrected chi connectivity index (χ1v) is 10.3. The molecule has 1 aromatic heterocycles. The first kappa shape index (κ1) is 21.1. The van der Waals surface area contributed by atoms with Crippen molar-refractivity contribution in [2.45, 2.75) is 13.3 Å². The minimum absolute atomic E-state index is 0.343. The van der Waals surface area contributed by atoms with Gasteiger partial charge in [-0.05, 0) is 42.8 Å². The van der Waals surface area contributed by atoms with Crippen LogP contribution in [-0.4, -0.2) is 24.7 Å². The lowest BCUT2D eigenvalue weighted by Gasteiger charge is -2.05. The largest absolute Gasteiger partial charge is 0.497 e. The van der Waals surface area contributed by atoms with Crippen molar-refractivity contribution in [3.63, 3.8) is 0 Å². The number of nitriles is 1. The van der Waals surface area contributed by atoms with Gasteiger partial charge in [-0.15, -0.1) is 11.3 Å². The van der Waals surface area contributed by atoms with Crippen LogP contribution in [0.15, 0.2) is 60.1 Å². The Morgan fingerprint density at radius 1 is 1.27 bits per heavy atom. The van der Waals surface area contributed by atoms with Crippen molar-refractivity contribution in [1.29, 1.82) is 5.26 Å². The minimum atomic E-state index is -0.343. The van der Waals surface area contributed by atoms with Crippen molar-refractivity contribution >= 4 is 28.6 Å². The summed E-state index contributed by atoms with van der Waals surface area (Å²) >= 11 is 1.40. The number of thiazole rings is 1. The zero-order valence-corrected chi connectivity index (χ0v) is 17.5. The Morgan fingerprint density at radius 3 is 2.77 bits per heavy atom. The third-order valence-electron chi connectivity index (χ3n) is 4.16. The van der Waals surface area contributed by atoms with Gasteiger partial charge in [0.25, 0.3) is 0 Å². The van der Waals surface area contributed by atoms with Crippen molar-refractivity contribution in [2.75, 3.05) is 19.0 Å². The molecule has 0 saturated carbocycles. The van der Waals surface area contributed by atoms with Gasteiger partial charge in [0.2, 0.25) is 0 Å². The number of ether oxygens (including phenoxy) is 2. The van der Waals surface area contributed by atoms with Crippen LogP contribution in [0.4, 0.5) is 5.69 Å². The fourth-order valence-corrected chi connectivity index (χ4v) is 3.39. The number of aromatic nitrogens is 1. The molecular formula is C23H21N3O3S. The molecule has 1 N–H and O–H groups in total. The van der Waals surface area contributed by atoms with E-state index in [4.69, 9.17) is 9.47 Å². The van der Waals surface area contributed by atoms with Gasteiger partial charge < -0.3 is 14.8 Å². The Kier molecular flexibility index (Phi) is 7.19. The van der Waals surface area contributed by atoms with Crippen LogP contribution in [0.1, 0.15) is 28.7 Å². The van der Waals surface area contributed by atoms with Crippen molar-refractivity contribution in [3.05, 3.63) is 70.7 Å². The number of anilines is 1. The van der Waals surface area contributed by atoms with Gasteiger partial charge in [0.05, 0.1) is 25.0 Å². The molecule has 30 heavy (non-hydrogen) atoms. The van der Waals surface area contributed by atoms with E-state index in [1.54, 1.807) is 37.6 Å². The van der Waals surface area contributed by atoms with Crippen LogP contribution in [-0.2, 0) is 4.74 Å². The highest BCUT2D eigenvalue weighted by molar-refractivity contribution is 7.11. The molecule has 0 bridgehead atoms. The molecule has 0 atom stereocenters. The Hall–Kier alpha value is -3.63. The number of allylic oxidation sites excluding steroid dienone is 1. The summed E-state index contributed by atoms with van der Waals surface area (Å²) in [6, 6.07) is 16.7. The molecule has 6 nitrogen and oxygen atoms in total. The lowest BCUT2D eigenvalue weighted by molar-refractivity contribution is 0.0505. The maximum atomic E-state index is 11.9. The van der Waals surface area contributed by atoms with Crippen LogP contribution in [0, 0.1) is 11.3 Å². The second-order valence-electron chi connectivity index (χ2n) is 6.30. The Bertz CT molecular complexity index is 1080. The number of rotatable bonds is 8. The number of benzene rings is 2. The maximum absolute atomic E-state index is 11.9. The highest BCUT2D eigenvalue weighted by Gasteiger charge is 2.10. The van der Waals surface area contributed by atoms with E-state index < -0.39 is 0 Å². The van der Waals surface area contributed by atoms with E-state index in [0.717, 1.165) is 29.1 Å². The summed E-state index contributed by atoms with van der Waals surface area (Å²) in [5.74, 6) is 0.409. The predicted molar refractivity (Wildman–Crippen MR) is 118 cm³/mol. The first-order chi connectivity index (χ1) is 14.6. The SMILES string of the molecule is CCCOC(=O)c1ccc(NC=C(C#N)c2nc(-c3cccc(OC)c3)cs2)cc1. The van der Waals surface area contributed by atoms with Gasteiger partial charge in [0.15, 0.2) is 0 Å². The molecule has 0 unspecified atom stereocenters. The fraction of sp³-hybridized carbons (Fsp3) is 0.174. The number of esters is 1. The number of nitrogens with one attached hydrogen (secondary N) is 1. The first-order valence-electron chi connectivity index (χ1n) is 9.39. The van der Waals surface area contributed by atoms with Crippen LogP contribution >= 0.6 is 11.3 Å². The third-order valence-corrected chi connectivity index (χ3v) is 5.04. The summed E-state index contributed by atoms with van der Waals surface area (Å²) in [7, 11) is 1.62. The summed E-state index contributed by atoms with van der Waals surface area (Å²) in [5.41, 5.74) is 3.36. The highest BCUT2D eigenvalue weighted by Crippen LogP contribution is 2.28.